The van der Waals surface area contributed by atoms with Crippen molar-refractivity contribution in [3.63, 3.8) is 0 Å². The molecule has 2 unspecified atom stereocenters. The first-order valence-corrected chi connectivity index (χ1v) is 7.78. The van der Waals surface area contributed by atoms with Crippen LogP contribution in [0.5, 0.6) is 5.75 Å². The predicted molar refractivity (Wildman–Crippen MR) is 84.7 cm³/mol. The smallest absolute Gasteiger partial charge is 0.223 e. The number of ether oxygens (including phenoxy) is 1. The molecule has 21 heavy (non-hydrogen) atoms. The SMILES string of the molecule is Cc1cccc(OCCC(=O)NC2CCNC(C)C2)c1C. The second-order valence-corrected chi connectivity index (χ2v) is 5.94. The van der Waals surface area contributed by atoms with Gasteiger partial charge in [0.1, 0.15) is 5.75 Å². The summed E-state index contributed by atoms with van der Waals surface area (Å²) in [5.41, 5.74) is 2.35. The van der Waals surface area contributed by atoms with Crippen molar-refractivity contribution in [2.45, 2.75) is 52.1 Å². The van der Waals surface area contributed by atoms with Crippen LogP contribution in [0.1, 0.15) is 37.3 Å². The summed E-state index contributed by atoms with van der Waals surface area (Å²) in [6.07, 6.45) is 2.42. The average molecular weight is 290 g/mol. The molecule has 2 atom stereocenters. The Morgan fingerprint density at radius 3 is 3.00 bits per heavy atom. The number of benzene rings is 1. The van der Waals surface area contributed by atoms with Gasteiger partial charge in [0, 0.05) is 12.1 Å². The number of hydrogen-bond donors (Lipinski definition) is 2. The summed E-state index contributed by atoms with van der Waals surface area (Å²) in [6.45, 7) is 7.66. The van der Waals surface area contributed by atoms with Crippen molar-refractivity contribution >= 4 is 5.91 Å². The number of carbonyl (C=O) groups excluding carboxylic acids is 1. The van der Waals surface area contributed by atoms with Crippen LogP contribution in [0.2, 0.25) is 0 Å². The number of hydrogen-bond acceptors (Lipinski definition) is 3. The molecule has 0 bridgehead atoms. The molecule has 1 aliphatic heterocycles. The van der Waals surface area contributed by atoms with Crippen LogP contribution in [0.15, 0.2) is 18.2 Å². The third kappa shape index (κ3) is 4.74. The van der Waals surface area contributed by atoms with E-state index in [4.69, 9.17) is 4.74 Å². The van der Waals surface area contributed by atoms with Gasteiger partial charge in [0.15, 0.2) is 0 Å². The van der Waals surface area contributed by atoms with Crippen LogP contribution in [0.4, 0.5) is 0 Å². The molecular weight excluding hydrogens is 264 g/mol. The monoisotopic (exact) mass is 290 g/mol. The normalized spacial score (nSPS) is 21.9. The van der Waals surface area contributed by atoms with E-state index in [9.17, 15) is 4.79 Å². The highest BCUT2D eigenvalue weighted by Gasteiger charge is 2.19. The fourth-order valence-electron chi connectivity index (χ4n) is 2.70. The van der Waals surface area contributed by atoms with Crippen LogP contribution in [0.3, 0.4) is 0 Å². The molecule has 1 amide bonds. The summed E-state index contributed by atoms with van der Waals surface area (Å²) in [5.74, 6) is 0.956. The van der Waals surface area contributed by atoms with E-state index in [1.807, 2.05) is 19.1 Å². The summed E-state index contributed by atoms with van der Waals surface area (Å²) in [6, 6.07) is 6.78. The Bertz CT molecular complexity index is 488. The lowest BCUT2D eigenvalue weighted by atomic mass is 10.0. The Hall–Kier alpha value is -1.55. The molecule has 116 valence electrons. The average Bonchev–Trinajstić information content (AvgIpc) is 2.43. The van der Waals surface area contributed by atoms with Gasteiger partial charge in [0.25, 0.3) is 0 Å². The molecule has 1 aromatic rings. The Balaban J connectivity index is 1.73. The fraction of sp³-hybridized carbons (Fsp3) is 0.588. The molecule has 0 saturated carbocycles. The van der Waals surface area contributed by atoms with E-state index in [0.717, 1.165) is 30.7 Å². The second kappa shape index (κ2) is 7.46. The van der Waals surface area contributed by atoms with Crippen molar-refractivity contribution in [1.82, 2.24) is 10.6 Å². The third-order valence-electron chi connectivity index (χ3n) is 4.13. The van der Waals surface area contributed by atoms with Gasteiger partial charge in [-0.15, -0.1) is 0 Å². The van der Waals surface area contributed by atoms with E-state index in [-0.39, 0.29) is 5.91 Å². The van der Waals surface area contributed by atoms with Crippen molar-refractivity contribution in [3.05, 3.63) is 29.3 Å². The van der Waals surface area contributed by atoms with Crippen molar-refractivity contribution in [2.75, 3.05) is 13.2 Å². The maximum absolute atomic E-state index is 11.9. The lowest BCUT2D eigenvalue weighted by molar-refractivity contribution is -0.122. The zero-order valence-electron chi connectivity index (χ0n) is 13.2. The molecular formula is C17H26N2O2. The first-order valence-electron chi connectivity index (χ1n) is 7.78. The third-order valence-corrected chi connectivity index (χ3v) is 4.13. The van der Waals surface area contributed by atoms with Crippen LogP contribution in [-0.4, -0.2) is 31.1 Å². The van der Waals surface area contributed by atoms with E-state index in [1.165, 1.54) is 5.56 Å². The van der Waals surface area contributed by atoms with Gasteiger partial charge in [0.05, 0.1) is 13.0 Å². The van der Waals surface area contributed by atoms with Gasteiger partial charge in [-0.3, -0.25) is 4.79 Å². The zero-order chi connectivity index (χ0) is 15.2. The van der Waals surface area contributed by atoms with Crippen molar-refractivity contribution in [2.24, 2.45) is 0 Å². The quantitative estimate of drug-likeness (QED) is 0.875. The molecule has 1 heterocycles. The van der Waals surface area contributed by atoms with Crippen LogP contribution >= 0.6 is 0 Å². The maximum atomic E-state index is 11.9. The molecule has 2 rings (SSSR count). The Morgan fingerprint density at radius 1 is 1.43 bits per heavy atom. The van der Waals surface area contributed by atoms with Gasteiger partial charge in [-0.05, 0) is 57.4 Å². The van der Waals surface area contributed by atoms with Crippen LogP contribution in [-0.2, 0) is 4.79 Å². The minimum Gasteiger partial charge on any atom is -0.493 e. The molecule has 2 N–H and O–H groups in total. The summed E-state index contributed by atoms with van der Waals surface area (Å²) in [5, 5.41) is 6.49. The zero-order valence-corrected chi connectivity index (χ0v) is 13.2. The first kappa shape index (κ1) is 15.8. The lowest BCUT2D eigenvalue weighted by Crippen LogP contribution is -2.46. The predicted octanol–water partition coefficient (Wildman–Crippen LogP) is 2.33. The summed E-state index contributed by atoms with van der Waals surface area (Å²) >= 11 is 0. The minimum atomic E-state index is 0.0828. The van der Waals surface area contributed by atoms with Gasteiger partial charge < -0.3 is 15.4 Å². The van der Waals surface area contributed by atoms with Crippen LogP contribution in [0.25, 0.3) is 0 Å². The number of aryl methyl sites for hydroxylation is 1. The molecule has 1 fully saturated rings. The van der Waals surface area contributed by atoms with Gasteiger partial charge >= 0.3 is 0 Å². The Labute approximate surface area is 127 Å². The standard InChI is InChI=1S/C17H26N2O2/c1-12-5-4-6-16(14(12)3)21-10-8-17(20)19-15-7-9-18-13(2)11-15/h4-6,13,15,18H,7-11H2,1-3H3,(H,19,20). The molecule has 1 aromatic carbocycles. The Kier molecular flexibility index (Phi) is 5.62. The number of piperidine rings is 1. The van der Waals surface area contributed by atoms with Crippen LogP contribution in [0, 0.1) is 13.8 Å². The van der Waals surface area contributed by atoms with Crippen molar-refractivity contribution in [3.8, 4) is 5.75 Å². The number of amides is 1. The molecule has 0 radical (unpaired) electrons. The Morgan fingerprint density at radius 2 is 2.24 bits per heavy atom. The largest absolute Gasteiger partial charge is 0.493 e. The fourth-order valence-corrected chi connectivity index (χ4v) is 2.70. The number of nitrogens with one attached hydrogen (secondary N) is 2. The minimum absolute atomic E-state index is 0.0828. The van der Waals surface area contributed by atoms with Gasteiger partial charge in [-0.1, -0.05) is 12.1 Å². The highest BCUT2D eigenvalue weighted by atomic mass is 16.5. The van der Waals surface area contributed by atoms with Crippen molar-refractivity contribution < 1.29 is 9.53 Å². The van der Waals surface area contributed by atoms with Gasteiger partial charge in [-0.2, -0.15) is 0 Å². The summed E-state index contributed by atoms with van der Waals surface area (Å²) in [7, 11) is 0. The van der Waals surface area contributed by atoms with Crippen molar-refractivity contribution in [1.29, 1.82) is 0 Å². The topological polar surface area (TPSA) is 50.4 Å². The highest BCUT2D eigenvalue weighted by molar-refractivity contribution is 5.76. The molecule has 4 nitrogen and oxygen atoms in total. The molecule has 1 aliphatic rings. The maximum Gasteiger partial charge on any atom is 0.223 e. The second-order valence-electron chi connectivity index (χ2n) is 5.94. The van der Waals surface area contributed by atoms with Crippen LogP contribution < -0.4 is 15.4 Å². The first-order chi connectivity index (χ1) is 10.1. The van der Waals surface area contributed by atoms with E-state index in [0.29, 0.717) is 25.1 Å². The molecule has 0 spiro atoms. The lowest BCUT2D eigenvalue weighted by Gasteiger charge is -2.28. The van der Waals surface area contributed by atoms with Gasteiger partial charge in [-0.25, -0.2) is 0 Å². The molecule has 4 heteroatoms. The van der Waals surface area contributed by atoms with E-state index < -0.39 is 0 Å². The molecule has 0 aliphatic carbocycles. The molecule has 0 aromatic heterocycles. The van der Waals surface area contributed by atoms with E-state index in [1.54, 1.807) is 0 Å². The summed E-state index contributed by atoms with van der Waals surface area (Å²) in [4.78, 5) is 11.9. The van der Waals surface area contributed by atoms with E-state index in [2.05, 4.69) is 30.5 Å². The summed E-state index contributed by atoms with van der Waals surface area (Å²) < 4.78 is 5.73. The van der Waals surface area contributed by atoms with E-state index >= 15 is 0 Å². The van der Waals surface area contributed by atoms with Gasteiger partial charge in [0.2, 0.25) is 5.91 Å². The number of rotatable bonds is 5. The highest BCUT2D eigenvalue weighted by Crippen LogP contribution is 2.20. The molecule has 1 saturated heterocycles. The number of carbonyl (C=O) groups is 1.